The van der Waals surface area contributed by atoms with E-state index in [0.29, 0.717) is 12.2 Å². The van der Waals surface area contributed by atoms with E-state index < -0.39 is 5.97 Å². The minimum absolute atomic E-state index is 0.0140. The molecule has 0 heterocycles. The van der Waals surface area contributed by atoms with E-state index in [9.17, 15) is 9.59 Å². The van der Waals surface area contributed by atoms with Gasteiger partial charge in [-0.25, -0.2) is 0 Å². The van der Waals surface area contributed by atoms with Crippen LogP contribution in [0.5, 0.6) is 0 Å². The quantitative estimate of drug-likeness (QED) is 0.483. The number of carbonyl (C=O) groups is 2. The van der Waals surface area contributed by atoms with Gasteiger partial charge in [0.1, 0.15) is 0 Å². The molecule has 0 spiro atoms. The number of amides is 1. The van der Waals surface area contributed by atoms with Gasteiger partial charge in [0.25, 0.3) is 0 Å². The van der Waals surface area contributed by atoms with Crippen molar-refractivity contribution in [3.8, 4) is 0 Å². The fraction of sp³-hybridized carbons (Fsp3) is 0.600. The lowest BCUT2D eigenvalue weighted by atomic mass is 10.1. The Kier molecular flexibility index (Phi) is 11.9. The van der Waals surface area contributed by atoms with Crippen molar-refractivity contribution in [2.24, 2.45) is 0 Å². The molecule has 2 N–H and O–H groups in total. The van der Waals surface area contributed by atoms with Crippen LogP contribution in [0.3, 0.4) is 0 Å². The highest BCUT2D eigenvalue weighted by Crippen LogP contribution is 2.11. The lowest BCUT2D eigenvalue weighted by molar-refractivity contribution is -0.137. The smallest absolute Gasteiger partial charge is 0.305 e. The van der Waals surface area contributed by atoms with E-state index in [1.165, 1.54) is 18.4 Å². The molecule has 0 aliphatic carbocycles. The minimum atomic E-state index is -0.864. The standard InChI is InChI=1S/C20H31NO3S/c1-2-3-4-5-9-12-19(22)21-18(15-20(23)24)16-25-14-13-17-10-7-6-8-11-17/h6-8,10-11,18H,2-5,9,12-16H2,1H3,(H,21,22)(H,23,24)/t18-/m0/s1. The summed E-state index contributed by atoms with van der Waals surface area (Å²) in [6.07, 6.45) is 6.95. The van der Waals surface area contributed by atoms with Crippen LogP contribution in [-0.4, -0.2) is 34.5 Å². The average molecular weight is 366 g/mol. The Labute approximate surface area is 155 Å². The number of carboxylic acid groups (broad SMARTS) is 1. The van der Waals surface area contributed by atoms with Crippen molar-refractivity contribution in [2.45, 2.75) is 64.3 Å². The predicted molar refractivity (Wildman–Crippen MR) is 105 cm³/mol. The molecule has 0 aromatic heterocycles. The van der Waals surface area contributed by atoms with Gasteiger partial charge < -0.3 is 10.4 Å². The predicted octanol–water partition coefficient (Wildman–Crippen LogP) is 4.28. The number of aryl methyl sites for hydroxylation is 1. The zero-order valence-corrected chi connectivity index (χ0v) is 16.0. The Balaban J connectivity index is 2.25. The number of aliphatic carboxylic acids is 1. The van der Waals surface area contributed by atoms with Crippen LogP contribution in [0.4, 0.5) is 0 Å². The second-order valence-corrected chi connectivity index (χ2v) is 7.49. The number of benzene rings is 1. The Morgan fingerprint density at radius 2 is 1.84 bits per heavy atom. The fourth-order valence-corrected chi connectivity index (χ4v) is 3.64. The van der Waals surface area contributed by atoms with Gasteiger partial charge in [0.05, 0.1) is 6.42 Å². The van der Waals surface area contributed by atoms with Crippen LogP contribution in [-0.2, 0) is 16.0 Å². The van der Waals surface area contributed by atoms with Crippen LogP contribution in [0, 0.1) is 0 Å². The fourth-order valence-electron chi connectivity index (χ4n) is 2.61. The Bertz CT molecular complexity index is 493. The molecule has 0 aliphatic rings. The van der Waals surface area contributed by atoms with E-state index in [1.54, 1.807) is 11.8 Å². The van der Waals surface area contributed by atoms with Gasteiger partial charge in [0.15, 0.2) is 0 Å². The molecule has 5 heteroatoms. The zero-order chi connectivity index (χ0) is 18.3. The molecule has 0 saturated carbocycles. The maximum absolute atomic E-state index is 12.0. The molecule has 1 amide bonds. The summed E-state index contributed by atoms with van der Waals surface area (Å²) >= 11 is 1.70. The highest BCUT2D eigenvalue weighted by molar-refractivity contribution is 7.99. The lowest BCUT2D eigenvalue weighted by Crippen LogP contribution is -2.38. The molecule has 25 heavy (non-hydrogen) atoms. The van der Waals surface area contributed by atoms with E-state index in [-0.39, 0.29) is 18.4 Å². The first-order valence-corrected chi connectivity index (χ1v) is 10.4. The number of thioether (sulfide) groups is 1. The van der Waals surface area contributed by atoms with Crippen molar-refractivity contribution in [3.63, 3.8) is 0 Å². The summed E-state index contributed by atoms with van der Waals surface area (Å²) < 4.78 is 0. The van der Waals surface area contributed by atoms with Crippen molar-refractivity contribution in [3.05, 3.63) is 35.9 Å². The first-order valence-electron chi connectivity index (χ1n) is 9.24. The molecule has 0 aliphatic heterocycles. The van der Waals surface area contributed by atoms with E-state index in [4.69, 9.17) is 5.11 Å². The van der Waals surface area contributed by atoms with Crippen molar-refractivity contribution in [1.82, 2.24) is 5.32 Å². The molecule has 1 aromatic rings. The zero-order valence-electron chi connectivity index (χ0n) is 15.2. The number of nitrogens with one attached hydrogen (secondary N) is 1. The molecule has 1 rings (SSSR count). The van der Waals surface area contributed by atoms with Crippen LogP contribution in [0.25, 0.3) is 0 Å². The summed E-state index contributed by atoms with van der Waals surface area (Å²) in [6, 6.07) is 9.94. The molecule has 0 unspecified atom stereocenters. The third-order valence-electron chi connectivity index (χ3n) is 3.99. The normalized spacial score (nSPS) is 11.9. The van der Waals surface area contributed by atoms with Crippen LogP contribution in [0.1, 0.15) is 57.4 Å². The molecule has 0 fully saturated rings. The average Bonchev–Trinajstić information content (AvgIpc) is 2.59. The number of carboxylic acids is 1. The topological polar surface area (TPSA) is 66.4 Å². The van der Waals surface area contributed by atoms with Gasteiger partial charge in [-0.2, -0.15) is 11.8 Å². The summed E-state index contributed by atoms with van der Waals surface area (Å²) in [7, 11) is 0. The van der Waals surface area contributed by atoms with Crippen LogP contribution in [0.15, 0.2) is 30.3 Å². The minimum Gasteiger partial charge on any atom is -0.481 e. The van der Waals surface area contributed by atoms with Crippen LogP contribution in [0.2, 0.25) is 0 Å². The summed E-state index contributed by atoms with van der Waals surface area (Å²) in [4.78, 5) is 23.0. The maximum atomic E-state index is 12.0. The summed E-state index contributed by atoms with van der Waals surface area (Å²) in [5.74, 6) is 0.677. The van der Waals surface area contributed by atoms with Crippen molar-refractivity contribution < 1.29 is 14.7 Å². The van der Waals surface area contributed by atoms with Crippen LogP contribution >= 0.6 is 11.8 Å². The largest absolute Gasteiger partial charge is 0.481 e. The van der Waals surface area contributed by atoms with Crippen molar-refractivity contribution >= 4 is 23.6 Å². The summed E-state index contributed by atoms with van der Waals surface area (Å²) in [5, 5.41) is 11.9. The molecule has 0 saturated heterocycles. The first kappa shape index (κ1) is 21.6. The monoisotopic (exact) mass is 365 g/mol. The van der Waals surface area contributed by atoms with Gasteiger partial charge in [-0.05, 0) is 24.2 Å². The number of hydrogen-bond acceptors (Lipinski definition) is 3. The van der Waals surface area contributed by atoms with Crippen molar-refractivity contribution in [1.29, 1.82) is 0 Å². The second-order valence-electron chi connectivity index (χ2n) is 6.34. The molecule has 4 nitrogen and oxygen atoms in total. The highest BCUT2D eigenvalue weighted by Gasteiger charge is 2.15. The van der Waals surface area contributed by atoms with Gasteiger partial charge in [-0.1, -0.05) is 62.9 Å². The van der Waals surface area contributed by atoms with Gasteiger partial charge in [0.2, 0.25) is 5.91 Å². The second kappa shape index (κ2) is 13.8. The van der Waals surface area contributed by atoms with Gasteiger partial charge in [0, 0.05) is 18.2 Å². The number of carbonyl (C=O) groups excluding carboxylic acids is 1. The Hall–Kier alpha value is -1.49. The van der Waals surface area contributed by atoms with Gasteiger partial charge in [-0.15, -0.1) is 0 Å². The van der Waals surface area contributed by atoms with Gasteiger partial charge >= 0.3 is 5.97 Å². The first-order chi connectivity index (χ1) is 12.1. The molecule has 1 aromatic carbocycles. The van der Waals surface area contributed by atoms with Crippen LogP contribution < -0.4 is 5.32 Å². The lowest BCUT2D eigenvalue weighted by Gasteiger charge is -2.16. The third-order valence-corrected chi connectivity index (χ3v) is 5.12. The number of rotatable bonds is 14. The van der Waals surface area contributed by atoms with Gasteiger partial charge in [-0.3, -0.25) is 9.59 Å². The third kappa shape index (κ3) is 11.6. The Morgan fingerprint density at radius 1 is 1.12 bits per heavy atom. The molecular formula is C20H31NO3S. The van der Waals surface area contributed by atoms with E-state index in [1.807, 2.05) is 18.2 Å². The molecule has 0 bridgehead atoms. The van der Waals surface area contributed by atoms with E-state index >= 15 is 0 Å². The summed E-state index contributed by atoms with van der Waals surface area (Å²) in [5.41, 5.74) is 1.28. The SMILES string of the molecule is CCCCCCCC(=O)N[C@H](CSCCc1ccccc1)CC(=O)O. The van der Waals surface area contributed by atoms with Crippen molar-refractivity contribution in [2.75, 3.05) is 11.5 Å². The highest BCUT2D eigenvalue weighted by atomic mass is 32.2. The van der Waals surface area contributed by atoms with E-state index in [2.05, 4.69) is 24.4 Å². The Morgan fingerprint density at radius 3 is 2.52 bits per heavy atom. The maximum Gasteiger partial charge on any atom is 0.305 e. The molecular weight excluding hydrogens is 334 g/mol. The number of unbranched alkanes of at least 4 members (excludes halogenated alkanes) is 4. The number of hydrogen-bond donors (Lipinski definition) is 2. The molecule has 0 radical (unpaired) electrons. The molecule has 1 atom stereocenters. The summed E-state index contributed by atoms with van der Waals surface area (Å²) in [6.45, 7) is 2.17. The van der Waals surface area contributed by atoms with E-state index in [0.717, 1.165) is 31.4 Å². The molecule has 140 valence electrons.